The summed E-state index contributed by atoms with van der Waals surface area (Å²) in [7, 11) is -2.09. The zero-order valence-electron chi connectivity index (χ0n) is 11.4. The second-order valence-corrected chi connectivity index (χ2v) is 6.81. The van der Waals surface area contributed by atoms with Gasteiger partial charge in [0.25, 0.3) is 0 Å². The minimum Gasteiger partial charge on any atom is -0.468 e. The summed E-state index contributed by atoms with van der Waals surface area (Å²) in [6.07, 6.45) is 3.00. The third-order valence-corrected chi connectivity index (χ3v) is 5.16. The molecule has 0 aliphatic rings. The molecule has 3 N–H and O–H groups in total. The van der Waals surface area contributed by atoms with Gasteiger partial charge in [-0.1, -0.05) is 0 Å². The molecule has 110 valence electrons. The van der Waals surface area contributed by atoms with Gasteiger partial charge in [-0.05, 0) is 30.3 Å². The first-order valence-electron chi connectivity index (χ1n) is 6.34. The van der Waals surface area contributed by atoms with Crippen LogP contribution in [0.2, 0.25) is 0 Å². The Morgan fingerprint density at radius 3 is 2.86 bits per heavy atom. The lowest BCUT2D eigenvalue weighted by molar-refractivity contribution is 0.406. The summed E-state index contributed by atoms with van der Waals surface area (Å²) in [5.74, 6) is 0.588. The van der Waals surface area contributed by atoms with Crippen molar-refractivity contribution in [3.05, 3.63) is 48.6 Å². The fourth-order valence-electron chi connectivity index (χ4n) is 2.21. The zero-order valence-corrected chi connectivity index (χ0v) is 12.2. The predicted octanol–water partition coefficient (Wildman–Crippen LogP) is 2.16. The Kier molecular flexibility index (Phi) is 3.23. The van der Waals surface area contributed by atoms with Crippen molar-refractivity contribution in [1.29, 1.82) is 0 Å². The van der Waals surface area contributed by atoms with Crippen molar-refractivity contribution < 1.29 is 12.8 Å². The number of nitrogens with one attached hydrogen (secondary N) is 1. The van der Waals surface area contributed by atoms with Gasteiger partial charge in [0, 0.05) is 29.8 Å². The molecule has 0 amide bonds. The molecule has 0 radical (unpaired) electrons. The summed E-state index contributed by atoms with van der Waals surface area (Å²) in [4.78, 5) is 3.17. The van der Waals surface area contributed by atoms with Crippen LogP contribution in [0, 0.1) is 0 Å². The first-order valence-corrected chi connectivity index (χ1v) is 7.78. The Hall–Kier alpha value is -2.25. The Balaban J connectivity index is 2.00. The highest BCUT2D eigenvalue weighted by Gasteiger charge is 2.25. The number of benzene rings is 1. The van der Waals surface area contributed by atoms with Crippen molar-refractivity contribution in [3.63, 3.8) is 0 Å². The number of rotatable bonds is 4. The predicted molar refractivity (Wildman–Crippen MR) is 80.1 cm³/mol. The lowest BCUT2D eigenvalue weighted by atomic mass is 10.2. The van der Waals surface area contributed by atoms with Crippen LogP contribution in [0.5, 0.6) is 0 Å². The molecular formula is C14H15N3O3S. The maximum Gasteiger partial charge on any atom is 0.245 e. The first-order chi connectivity index (χ1) is 9.98. The minimum absolute atomic E-state index is 0.178. The van der Waals surface area contributed by atoms with Crippen LogP contribution in [0.4, 0.5) is 5.69 Å². The van der Waals surface area contributed by atoms with E-state index >= 15 is 0 Å². The molecule has 0 atom stereocenters. The molecule has 2 heterocycles. The van der Waals surface area contributed by atoms with E-state index in [4.69, 9.17) is 10.2 Å². The molecule has 6 nitrogen and oxygen atoms in total. The number of aromatic nitrogens is 1. The second-order valence-electron chi connectivity index (χ2n) is 4.80. The zero-order chi connectivity index (χ0) is 15.0. The van der Waals surface area contributed by atoms with Crippen molar-refractivity contribution in [3.8, 4) is 0 Å². The lowest BCUT2D eigenvalue weighted by Crippen LogP contribution is -2.26. The third kappa shape index (κ3) is 2.41. The highest BCUT2D eigenvalue weighted by Crippen LogP contribution is 2.27. The van der Waals surface area contributed by atoms with E-state index in [-0.39, 0.29) is 11.4 Å². The van der Waals surface area contributed by atoms with Gasteiger partial charge in [-0.2, -0.15) is 4.31 Å². The van der Waals surface area contributed by atoms with Crippen molar-refractivity contribution in [2.45, 2.75) is 11.4 Å². The van der Waals surface area contributed by atoms with Gasteiger partial charge < -0.3 is 15.1 Å². The standard InChI is InChI=1S/C14H15N3O3S/c1-17(9-11-3-2-6-20-11)21(18,19)14-8-16-13-7-10(15)4-5-12(13)14/h2-8,16H,9,15H2,1H3. The highest BCUT2D eigenvalue weighted by atomic mass is 32.2. The quantitative estimate of drug-likeness (QED) is 0.722. The second kappa shape index (κ2) is 4.94. The average molecular weight is 305 g/mol. The van der Waals surface area contributed by atoms with Crippen LogP contribution in [0.25, 0.3) is 10.9 Å². The number of furan rings is 1. The number of nitrogens with two attached hydrogens (primary N) is 1. The average Bonchev–Trinajstić information content (AvgIpc) is 3.07. The number of hydrogen-bond acceptors (Lipinski definition) is 4. The Morgan fingerprint density at radius 2 is 2.14 bits per heavy atom. The molecule has 0 fully saturated rings. The fourth-order valence-corrected chi connectivity index (χ4v) is 3.50. The number of sulfonamides is 1. The molecule has 0 aliphatic heterocycles. The number of fused-ring (bicyclic) bond motifs is 1. The Morgan fingerprint density at radius 1 is 1.33 bits per heavy atom. The van der Waals surface area contributed by atoms with Crippen molar-refractivity contribution in [2.24, 2.45) is 0 Å². The Labute approximate surface area is 122 Å². The molecule has 0 bridgehead atoms. The molecule has 1 aromatic carbocycles. The number of anilines is 1. The van der Waals surface area contributed by atoms with Gasteiger partial charge in [0.15, 0.2) is 0 Å². The van der Waals surface area contributed by atoms with Crippen LogP contribution < -0.4 is 5.73 Å². The lowest BCUT2D eigenvalue weighted by Gasteiger charge is -2.15. The molecule has 0 saturated carbocycles. The van der Waals surface area contributed by atoms with E-state index in [1.807, 2.05) is 0 Å². The minimum atomic E-state index is -3.61. The maximum atomic E-state index is 12.7. The van der Waals surface area contributed by atoms with Gasteiger partial charge in [0.05, 0.1) is 12.8 Å². The fraction of sp³-hybridized carbons (Fsp3) is 0.143. The van der Waals surface area contributed by atoms with Gasteiger partial charge in [-0.15, -0.1) is 0 Å². The summed E-state index contributed by atoms with van der Waals surface area (Å²) >= 11 is 0. The van der Waals surface area contributed by atoms with Crippen LogP contribution >= 0.6 is 0 Å². The van der Waals surface area contributed by atoms with E-state index in [9.17, 15) is 8.42 Å². The van der Waals surface area contributed by atoms with E-state index < -0.39 is 10.0 Å². The largest absolute Gasteiger partial charge is 0.468 e. The van der Waals surface area contributed by atoms with Crippen LogP contribution in [0.15, 0.2) is 52.1 Å². The molecule has 0 aliphatic carbocycles. The monoisotopic (exact) mass is 305 g/mol. The van der Waals surface area contributed by atoms with E-state index in [2.05, 4.69) is 4.98 Å². The van der Waals surface area contributed by atoms with Gasteiger partial charge in [0.1, 0.15) is 10.7 Å². The van der Waals surface area contributed by atoms with E-state index in [0.717, 1.165) is 0 Å². The molecular weight excluding hydrogens is 290 g/mol. The maximum absolute atomic E-state index is 12.7. The molecule has 0 saturated heterocycles. The molecule has 3 rings (SSSR count). The SMILES string of the molecule is CN(Cc1ccco1)S(=O)(=O)c1c[nH]c2cc(N)ccc12. The molecule has 0 spiro atoms. The molecule has 2 aromatic heterocycles. The highest BCUT2D eigenvalue weighted by molar-refractivity contribution is 7.89. The van der Waals surface area contributed by atoms with Crippen LogP contribution in [0.1, 0.15) is 5.76 Å². The number of aromatic amines is 1. The van der Waals surface area contributed by atoms with E-state index in [1.54, 1.807) is 30.3 Å². The van der Waals surface area contributed by atoms with Crippen LogP contribution in [-0.4, -0.2) is 24.8 Å². The smallest absolute Gasteiger partial charge is 0.245 e. The summed E-state index contributed by atoms with van der Waals surface area (Å²) in [5.41, 5.74) is 6.98. The number of nitrogens with zero attached hydrogens (tertiary/aromatic N) is 1. The molecule has 7 heteroatoms. The molecule has 0 unspecified atom stereocenters. The summed E-state index contributed by atoms with van der Waals surface area (Å²) in [6.45, 7) is 0.178. The summed E-state index contributed by atoms with van der Waals surface area (Å²) in [6, 6.07) is 8.56. The van der Waals surface area contributed by atoms with Crippen LogP contribution in [-0.2, 0) is 16.6 Å². The van der Waals surface area contributed by atoms with Crippen LogP contribution in [0.3, 0.4) is 0 Å². The topological polar surface area (TPSA) is 92.3 Å². The van der Waals surface area contributed by atoms with Gasteiger partial charge >= 0.3 is 0 Å². The van der Waals surface area contributed by atoms with Crippen molar-refractivity contribution in [2.75, 3.05) is 12.8 Å². The van der Waals surface area contributed by atoms with Gasteiger partial charge in [-0.3, -0.25) is 0 Å². The van der Waals surface area contributed by atoms with E-state index in [1.165, 1.54) is 23.8 Å². The van der Waals surface area contributed by atoms with Crippen molar-refractivity contribution in [1.82, 2.24) is 9.29 Å². The normalized spacial score (nSPS) is 12.3. The first kappa shape index (κ1) is 13.7. The molecule has 21 heavy (non-hydrogen) atoms. The van der Waals surface area contributed by atoms with Gasteiger partial charge in [0.2, 0.25) is 10.0 Å². The van der Waals surface area contributed by atoms with E-state index in [0.29, 0.717) is 22.4 Å². The Bertz CT molecular complexity index is 866. The molecule has 3 aromatic rings. The number of nitrogen functional groups attached to an aromatic ring is 1. The number of hydrogen-bond donors (Lipinski definition) is 2. The summed E-state index contributed by atoms with van der Waals surface area (Å²) in [5, 5.41) is 0.621. The van der Waals surface area contributed by atoms with Gasteiger partial charge in [-0.25, -0.2) is 8.42 Å². The summed E-state index contributed by atoms with van der Waals surface area (Å²) < 4.78 is 31.7. The third-order valence-electron chi connectivity index (χ3n) is 3.31. The number of H-pyrrole nitrogens is 1. The van der Waals surface area contributed by atoms with Crippen molar-refractivity contribution >= 4 is 26.6 Å².